The maximum absolute atomic E-state index is 12.5. The Hall–Kier alpha value is -0.670. The lowest BCUT2D eigenvalue weighted by atomic mass is 10.2. The van der Waals surface area contributed by atoms with Crippen molar-refractivity contribution in [1.29, 1.82) is 0 Å². The average molecular weight is 305 g/mol. The van der Waals surface area contributed by atoms with Crippen molar-refractivity contribution in [3.8, 4) is 0 Å². The van der Waals surface area contributed by atoms with Crippen molar-refractivity contribution >= 4 is 24.7 Å². The summed E-state index contributed by atoms with van der Waals surface area (Å²) in [5.74, 6) is 0. The second-order valence-corrected chi connectivity index (χ2v) is 6.33. The molecular formula is C13H18ClO4P. The first kappa shape index (κ1) is 16.4. The van der Waals surface area contributed by atoms with Crippen LogP contribution >= 0.6 is 19.2 Å². The fraction of sp³-hybridized carbons (Fsp3) is 0.462. The molecule has 0 spiro atoms. The van der Waals surface area contributed by atoms with E-state index < -0.39 is 13.1 Å². The highest BCUT2D eigenvalue weighted by Crippen LogP contribution is 2.51. The molecule has 0 heterocycles. The number of rotatable bonds is 8. The summed E-state index contributed by atoms with van der Waals surface area (Å²) in [4.78, 5) is 12.2. The van der Waals surface area contributed by atoms with Crippen LogP contribution in [0.3, 0.4) is 0 Å². The minimum atomic E-state index is -3.76. The number of halogens is 1. The number of carbonyl (C=O) groups excluding carboxylic acids is 1. The molecule has 0 aromatic heterocycles. The predicted octanol–water partition coefficient (Wildman–Crippen LogP) is 4.53. The third-order valence-electron chi connectivity index (χ3n) is 2.27. The van der Waals surface area contributed by atoms with Crippen molar-refractivity contribution < 1.29 is 18.4 Å². The van der Waals surface area contributed by atoms with Crippen molar-refractivity contribution in [1.82, 2.24) is 0 Å². The largest absolute Gasteiger partial charge is 0.401 e. The first-order valence-corrected chi connectivity index (χ1v) is 8.15. The van der Waals surface area contributed by atoms with Crippen molar-refractivity contribution in [3.63, 3.8) is 0 Å². The van der Waals surface area contributed by atoms with Gasteiger partial charge in [-0.3, -0.25) is 9.36 Å². The van der Waals surface area contributed by atoms with E-state index in [0.29, 0.717) is 17.9 Å². The fourth-order valence-electron chi connectivity index (χ4n) is 1.33. The molecule has 0 amide bonds. The zero-order valence-electron chi connectivity index (χ0n) is 11.1. The van der Waals surface area contributed by atoms with E-state index in [1.165, 1.54) is 12.1 Å². The van der Waals surface area contributed by atoms with E-state index in [1.54, 1.807) is 12.1 Å². The highest BCUT2D eigenvalue weighted by Gasteiger charge is 2.35. The molecule has 0 aliphatic rings. The predicted molar refractivity (Wildman–Crippen MR) is 75.9 cm³/mol. The van der Waals surface area contributed by atoms with Crippen LogP contribution in [0.5, 0.6) is 0 Å². The van der Waals surface area contributed by atoms with Gasteiger partial charge in [0.2, 0.25) is 0 Å². The molecule has 0 bridgehead atoms. The number of hydrogen-bond donors (Lipinski definition) is 0. The third kappa shape index (κ3) is 4.73. The molecule has 1 aromatic carbocycles. The van der Waals surface area contributed by atoms with Crippen LogP contribution in [0.15, 0.2) is 24.3 Å². The Balaban J connectivity index is 2.92. The van der Waals surface area contributed by atoms with Gasteiger partial charge in [-0.1, -0.05) is 25.4 Å². The highest BCUT2D eigenvalue weighted by atomic mass is 35.5. The van der Waals surface area contributed by atoms with Crippen LogP contribution in [-0.2, 0) is 13.6 Å². The van der Waals surface area contributed by atoms with E-state index in [-0.39, 0.29) is 18.8 Å². The molecular weight excluding hydrogens is 287 g/mol. The maximum Gasteiger partial charge on any atom is 0.401 e. The summed E-state index contributed by atoms with van der Waals surface area (Å²) in [5, 5.41) is 0.510. The molecule has 0 radical (unpaired) electrons. The molecule has 0 N–H and O–H groups in total. The molecule has 106 valence electrons. The Morgan fingerprint density at radius 2 is 1.58 bits per heavy atom. The van der Waals surface area contributed by atoms with Gasteiger partial charge in [-0.25, -0.2) is 0 Å². The Morgan fingerprint density at radius 1 is 1.11 bits per heavy atom. The van der Waals surface area contributed by atoms with Crippen LogP contribution in [0, 0.1) is 0 Å². The van der Waals surface area contributed by atoms with Gasteiger partial charge in [-0.15, -0.1) is 0 Å². The fourth-order valence-corrected chi connectivity index (χ4v) is 3.07. The molecule has 19 heavy (non-hydrogen) atoms. The van der Waals surface area contributed by atoms with Gasteiger partial charge in [0.25, 0.3) is 5.52 Å². The summed E-state index contributed by atoms with van der Waals surface area (Å²) in [7, 11) is -3.76. The second kappa shape index (κ2) is 7.81. The van der Waals surface area contributed by atoms with Crippen LogP contribution in [0.2, 0.25) is 5.02 Å². The van der Waals surface area contributed by atoms with Crippen molar-refractivity contribution in [2.24, 2.45) is 0 Å². The molecule has 6 heteroatoms. The molecule has 0 saturated carbocycles. The lowest BCUT2D eigenvalue weighted by Crippen LogP contribution is -2.08. The van der Waals surface area contributed by atoms with Gasteiger partial charge in [-0.05, 0) is 37.1 Å². The monoisotopic (exact) mass is 304 g/mol. The minimum Gasteiger partial charge on any atom is -0.303 e. The van der Waals surface area contributed by atoms with Crippen LogP contribution in [0.25, 0.3) is 0 Å². The van der Waals surface area contributed by atoms with Gasteiger partial charge in [0, 0.05) is 10.6 Å². The normalized spacial score (nSPS) is 11.5. The van der Waals surface area contributed by atoms with Crippen LogP contribution < -0.4 is 0 Å². The molecule has 0 atom stereocenters. The van der Waals surface area contributed by atoms with Gasteiger partial charge in [-0.2, -0.15) is 0 Å². The molecule has 1 aromatic rings. The Bertz CT molecular complexity index is 446. The van der Waals surface area contributed by atoms with E-state index in [9.17, 15) is 9.36 Å². The van der Waals surface area contributed by atoms with E-state index in [0.717, 1.165) is 0 Å². The molecule has 1 rings (SSSR count). The van der Waals surface area contributed by atoms with Crippen LogP contribution in [0.4, 0.5) is 0 Å². The topological polar surface area (TPSA) is 52.6 Å². The maximum atomic E-state index is 12.5. The lowest BCUT2D eigenvalue weighted by Gasteiger charge is -2.16. The molecule has 0 aliphatic heterocycles. The van der Waals surface area contributed by atoms with E-state index in [2.05, 4.69) is 0 Å². The SMILES string of the molecule is CCCOP(=O)(OCCC)C(=O)c1ccc(Cl)cc1. The summed E-state index contributed by atoms with van der Waals surface area (Å²) in [5.41, 5.74) is -0.342. The molecule has 0 saturated heterocycles. The average Bonchev–Trinajstić information content (AvgIpc) is 2.43. The molecule has 0 fully saturated rings. The summed E-state index contributed by atoms with van der Waals surface area (Å²) in [6, 6.07) is 6.17. The van der Waals surface area contributed by atoms with Crippen molar-refractivity contribution in [2.45, 2.75) is 26.7 Å². The highest BCUT2D eigenvalue weighted by molar-refractivity contribution is 7.72. The standard InChI is InChI=1S/C13H18ClO4P/c1-3-9-17-19(16,18-10-4-2)13(15)11-5-7-12(14)8-6-11/h5-8H,3-4,9-10H2,1-2H3. The van der Waals surface area contributed by atoms with Gasteiger partial charge in [0.05, 0.1) is 13.2 Å². The van der Waals surface area contributed by atoms with E-state index in [4.69, 9.17) is 20.6 Å². The van der Waals surface area contributed by atoms with Crippen LogP contribution in [0.1, 0.15) is 37.0 Å². The number of carbonyl (C=O) groups is 1. The summed E-state index contributed by atoms with van der Waals surface area (Å²) in [6.07, 6.45) is 1.32. The molecule has 0 unspecified atom stereocenters. The number of hydrogen-bond acceptors (Lipinski definition) is 4. The Morgan fingerprint density at radius 3 is 2.00 bits per heavy atom. The lowest BCUT2D eigenvalue weighted by molar-refractivity contribution is 0.0994. The van der Waals surface area contributed by atoms with E-state index in [1.807, 2.05) is 13.8 Å². The van der Waals surface area contributed by atoms with Gasteiger partial charge in [0.15, 0.2) is 0 Å². The molecule has 0 aliphatic carbocycles. The molecule has 4 nitrogen and oxygen atoms in total. The van der Waals surface area contributed by atoms with Gasteiger partial charge in [0.1, 0.15) is 0 Å². The first-order valence-electron chi connectivity index (χ1n) is 6.23. The van der Waals surface area contributed by atoms with Crippen molar-refractivity contribution in [3.05, 3.63) is 34.9 Å². The quantitative estimate of drug-likeness (QED) is 0.662. The van der Waals surface area contributed by atoms with Crippen LogP contribution in [-0.4, -0.2) is 18.7 Å². The zero-order valence-corrected chi connectivity index (χ0v) is 12.7. The first-order chi connectivity index (χ1) is 9.03. The van der Waals surface area contributed by atoms with Gasteiger partial charge >= 0.3 is 7.60 Å². The number of benzene rings is 1. The summed E-state index contributed by atoms with van der Waals surface area (Å²) in [6.45, 7) is 4.19. The second-order valence-electron chi connectivity index (χ2n) is 3.98. The van der Waals surface area contributed by atoms with Crippen molar-refractivity contribution in [2.75, 3.05) is 13.2 Å². The zero-order chi connectivity index (χ0) is 14.3. The van der Waals surface area contributed by atoms with Gasteiger partial charge < -0.3 is 9.05 Å². The smallest absolute Gasteiger partial charge is 0.303 e. The van der Waals surface area contributed by atoms with E-state index >= 15 is 0 Å². The Kier molecular flexibility index (Phi) is 6.73. The minimum absolute atomic E-state index is 0.223. The third-order valence-corrected chi connectivity index (χ3v) is 4.32. The summed E-state index contributed by atoms with van der Waals surface area (Å²) >= 11 is 5.75. The Labute approximate surface area is 118 Å². The summed E-state index contributed by atoms with van der Waals surface area (Å²) < 4.78 is 22.8.